The standard InChI is InChI=1S/C18H22N2O/c1-2-19-17(16-5-3-4-11-20-16)8-6-14-7-9-18-15(13-14)10-12-21-18/h3-5,7,9,11,13,17,19H,2,6,8,10,12H2,1H3. The Bertz CT molecular complexity index is 583. The number of aryl methyl sites for hydroxylation is 1. The van der Waals surface area contributed by atoms with Crippen LogP contribution >= 0.6 is 0 Å². The van der Waals surface area contributed by atoms with Gasteiger partial charge in [0.25, 0.3) is 0 Å². The first kappa shape index (κ1) is 14.1. The van der Waals surface area contributed by atoms with Crippen molar-refractivity contribution in [3.05, 3.63) is 59.4 Å². The maximum absolute atomic E-state index is 5.56. The topological polar surface area (TPSA) is 34.1 Å². The fourth-order valence-electron chi connectivity index (χ4n) is 2.89. The van der Waals surface area contributed by atoms with Crippen molar-refractivity contribution in [2.75, 3.05) is 13.2 Å². The number of aromatic nitrogens is 1. The molecule has 3 heteroatoms. The minimum absolute atomic E-state index is 0.320. The van der Waals surface area contributed by atoms with Crippen LogP contribution in [0.4, 0.5) is 0 Å². The Morgan fingerprint density at radius 1 is 1.29 bits per heavy atom. The quantitative estimate of drug-likeness (QED) is 0.882. The molecule has 1 aromatic carbocycles. The van der Waals surface area contributed by atoms with Crippen LogP contribution < -0.4 is 10.1 Å². The zero-order valence-electron chi connectivity index (χ0n) is 12.5. The zero-order chi connectivity index (χ0) is 14.5. The molecule has 0 aliphatic carbocycles. The van der Waals surface area contributed by atoms with Gasteiger partial charge in [-0.05, 0) is 48.7 Å². The number of nitrogens with one attached hydrogen (secondary N) is 1. The minimum atomic E-state index is 0.320. The van der Waals surface area contributed by atoms with Gasteiger partial charge in [0.1, 0.15) is 5.75 Å². The van der Waals surface area contributed by atoms with E-state index >= 15 is 0 Å². The smallest absolute Gasteiger partial charge is 0.122 e. The van der Waals surface area contributed by atoms with E-state index in [1.54, 1.807) is 0 Å². The first-order chi connectivity index (χ1) is 10.4. The Labute approximate surface area is 126 Å². The highest BCUT2D eigenvalue weighted by Crippen LogP contribution is 2.27. The molecular weight excluding hydrogens is 260 g/mol. The maximum Gasteiger partial charge on any atom is 0.122 e. The predicted molar refractivity (Wildman–Crippen MR) is 84.6 cm³/mol. The summed E-state index contributed by atoms with van der Waals surface area (Å²) in [5.74, 6) is 1.06. The molecule has 0 amide bonds. The Hall–Kier alpha value is -1.87. The lowest BCUT2D eigenvalue weighted by Gasteiger charge is -2.17. The van der Waals surface area contributed by atoms with Gasteiger partial charge < -0.3 is 10.1 Å². The van der Waals surface area contributed by atoms with Crippen molar-refractivity contribution in [1.29, 1.82) is 0 Å². The van der Waals surface area contributed by atoms with Crippen LogP contribution in [0.2, 0.25) is 0 Å². The second kappa shape index (κ2) is 6.72. The summed E-state index contributed by atoms with van der Waals surface area (Å²) >= 11 is 0. The van der Waals surface area contributed by atoms with Gasteiger partial charge in [-0.2, -0.15) is 0 Å². The molecule has 0 spiro atoms. The summed E-state index contributed by atoms with van der Waals surface area (Å²) in [7, 11) is 0. The molecule has 0 bridgehead atoms. The van der Waals surface area contributed by atoms with Gasteiger partial charge in [-0.1, -0.05) is 25.1 Å². The summed E-state index contributed by atoms with van der Waals surface area (Å²) < 4.78 is 5.56. The van der Waals surface area contributed by atoms with Crippen molar-refractivity contribution in [2.45, 2.75) is 32.2 Å². The third-order valence-electron chi connectivity index (χ3n) is 3.97. The zero-order valence-corrected chi connectivity index (χ0v) is 12.5. The van der Waals surface area contributed by atoms with Crippen LogP contribution in [-0.2, 0) is 12.8 Å². The fraction of sp³-hybridized carbons (Fsp3) is 0.389. The number of benzene rings is 1. The Morgan fingerprint density at radius 3 is 3.05 bits per heavy atom. The van der Waals surface area contributed by atoms with Crippen LogP contribution in [0.3, 0.4) is 0 Å². The van der Waals surface area contributed by atoms with E-state index < -0.39 is 0 Å². The van der Waals surface area contributed by atoms with Crippen molar-refractivity contribution >= 4 is 0 Å². The summed E-state index contributed by atoms with van der Waals surface area (Å²) in [4.78, 5) is 4.49. The lowest BCUT2D eigenvalue weighted by molar-refractivity contribution is 0.357. The van der Waals surface area contributed by atoms with E-state index in [1.165, 1.54) is 11.1 Å². The summed E-state index contributed by atoms with van der Waals surface area (Å²) in [6.45, 7) is 3.93. The molecule has 1 aliphatic rings. The molecule has 1 N–H and O–H groups in total. The second-order valence-corrected chi connectivity index (χ2v) is 5.44. The monoisotopic (exact) mass is 282 g/mol. The van der Waals surface area contributed by atoms with Gasteiger partial charge in [-0.3, -0.25) is 4.98 Å². The first-order valence-corrected chi connectivity index (χ1v) is 7.75. The van der Waals surface area contributed by atoms with Gasteiger partial charge in [0.05, 0.1) is 12.3 Å². The van der Waals surface area contributed by atoms with Crippen molar-refractivity contribution in [3.63, 3.8) is 0 Å². The first-order valence-electron chi connectivity index (χ1n) is 7.75. The molecule has 1 aliphatic heterocycles. The highest BCUT2D eigenvalue weighted by atomic mass is 16.5. The third kappa shape index (κ3) is 3.42. The molecule has 1 aromatic heterocycles. The second-order valence-electron chi connectivity index (χ2n) is 5.44. The SMILES string of the molecule is CCNC(CCc1ccc2c(c1)CCO2)c1ccccn1. The molecule has 1 unspecified atom stereocenters. The summed E-state index contributed by atoms with van der Waals surface area (Å²) in [6.07, 6.45) is 5.03. The molecule has 0 radical (unpaired) electrons. The minimum Gasteiger partial charge on any atom is -0.493 e. The number of pyridine rings is 1. The van der Waals surface area contributed by atoms with E-state index in [-0.39, 0.29) is 0 Å². The summed E-state index contributed by atoms with van der Waals surface area (Å²) in [5.41, 5.74) is 3.87. The molecule has 0 saturated carbocycles. The number of hydrogen-bond acceptors (Lipinski definition) is 3. The van der Waals surface area contributed by atoms with Crippen molar-refractivity contribution < 1.29 is 4.74 Å². The third-order valence-corrected chi connectivity index (χ3v) is 3.97. The van der Waals surface area contributed by atoms with E-state index in [2.05, 4.69) is 47.6 Å². The van der Waals surface area contributed by atoms with Gasteiger partial charge in [0.2, 0.25) is 0 Å². The Balaban J connectivity index is 1.67. The average Bonchev–Trinajstić information content (AvgIpc) is 3.00. The molecule has 2 aromatic rings. The molecular formula is C18H22N2O. The predicted octanol–water partition coefficient (Wildman–Crippen LogP) is 3.30. The van der Waals surface area contributed by atoms with Crippen LogP contribution in [0, 0.1) is 0 Å². The van der Waals surface area contributed by atoms with Gasteiger partial charge in [-0.25, -0.2) is 0 Å². The molecule has 2 heterocycles. The van der Waals surface area contributed by atoms with Crippen molar-refractivity contribution in [2.24, 2.45) is 0 Å². The van der Waals surface area contributed by atoms with Crippen molar-refractivity contribution in [1.82, 2.24) is 10.3 Å². The van der Waals surface area contributed by atoms with Crippen LogP contribution in [0.25, 0.3) is 0 Å². The van der Waals surface area contributed by atoms with E-state index in [4.69, 9.17) is 4.74 Å². The molecule has 110 valence electrons. The average molecular weight is 282 g/mol. The van der Waals surface area contributed by atoms with Crippen LogP contribution in [0.5, 0.6) is 5.75 Å². The van der Waals surface area contributed by atoms with Gasteiger partial charge in [0, 0.05) is 18.7 Å². The number of hydrogen-bond donors (Lipinski definition) is 1. The van der Waals surface area contributed by atoms with E-state index in [0.717, 1.165) is 43.9 Å². The van der Waals surface area contributed by atoms with E-state index in [0.29, 0.717) is 6.04 Å². The molecule has 1 atom stereocenters. The lowest BCUT2D eigenvalue weighted by atomic mass is 10.00. The Morgan fingerprint density at radius 2 is 2.24 bits per heavy atom. The molecule has 0 fully saturated rings. The van der Waals surface area contributed by atoms with Gasteiger partial charge in [-0.15, -0.1) is 0 Å². The van der Waals surface area contributed by atoms with Crippen LogP contribution in [0.15, 0.2) is 42.6 Å². The highest BCUT2D eigenvalue weighted by Gasteiger charge is 2.14. The maximum atomic E-state index is 5.56. The fourth-order valence-corrected chi connectivity index (χ4v) is 2.89. The number of rotatable bonds is 6. The van der Waals surface area contributed by atoms with Crippen molar-refractivity contribution in [3.8, 4) is 5.75 Å². The summed E-state index contributed by atoms with van der Waals surface area (Å²) in [6, 6.07) is 13.0. The van der Waals surface area contributed by atoms with E-state index in [1.807, 2.05) is 12.3 Å². The van der Waals surface area contributed by atoms with Crippen LogP contribution in [0.1, 0.15) is 36.2 Å². The molecule has 21 heavy (non-hydrogen) atoms. The highest BCUT2D eigenvalue weighted by molar-refractivity contribution is 5.39. The summed E-state index contributed by atoms with van der Waals surface area (Å²) in [5, 5.41) is 3.53. The van der Waals surface area contributed by atoms with E-state index in [9.17, 15) is 0 Å². The molecule has 3 nitrogen and oxygen atoms in total. The van der Waals surface area contributed by atoms with Crippen LogP contribution in [-0.4, -0.2) is 18.1 Å². The van der Waals surface area contributed by atoms with Gasteiger partial charge >= 0.3 is 0 Å². The Kier molecular flexibility index (Phi) is 4.51. The lowest BCUT2D eigenvalue weighted by Crippen LogP contribution is -2.22. The number of fused-ring (bicyclic) bond motifs is 1. The van der Waals surface area contributed by atoms with Gasteiger partial charge in [0.15, 0.2) is 0 Å². The number of ether oxygens (including phenoxy) is 1. The number of nitrogens with zero attached hydrogens (tertiary/aromatic N) is 1. The molecule has 0 saturated heterocycles. The molecule has 3 rings (SSSR count). The normalized spacial score (nSPS) is 14.5. The largest absolute Gasteiger partial charge is 0.493 e.